The molecule has 2 aromatic heterocycles. The summed E-state index contributed by atoms with van der Waals surface area (Å²) in [6, 6.07) is 16.5. The van der Waals surface area contributed by atoms with Gasteiger partial charge in [0.2, 0.25) is 0 Å². The molecule has 0 aliphatic rings. The monoisotopic (exact) mass is 788 g/mol. The number of nitrogens with zero attached hydrogens (tertiary/aromatic N) is 2. The number of aryl methyl sites for hydroxylation is 2. The van der Waals surface area contributed by atoms with E-state index >= 15 is 8.78 Å². The van der Waals surface area contributed by atoms with E-state index in [1.54, 1.807) is 31.3 Å². The average molecular weight is 790 g/mol. The summed E-state index contributed by atoms with van der Waals surface area (Å²) in [4.78, 5) is 0. The van der Waals surface area contributed by atoms with Gasteiger partial charge in [-0.1, -0.05) is 48.3 Å². The summed E-state index contributed by atoms with van der Waals surface area (Å²) in [5.74, 6) is -2.11. The molecule has 2 unspecified atom stereocenters. The predicted molar refractivity (Wildman–Crippen MR) is 202 cm³/mol. The van der Waals surface area contributed by atoms with Crippen molar-refractivity contribution in [3.8, 4) is 17.2 Å². The SMILES string of the molecule is CCCn1cc(CC(N)C(CNC)c2cn(C)c3ccc(F)c(OCc4ccc(Cl)c(OC(F)(F)F)c4)c23)c2c(OCc3ccc(Cl)cc3)c(F)ccc21. The highest BCUT2D eigenvalue weighted by molar-refractivity contribution is 6.32. The van der Waals surface area contributed by atoms with Gasteiger partial charge in [-0.2, -0.15) is 0 Å². The van der Waals surface area contributed by atoms with E-state index in [4.69, 9.17) is 38.4 Å². The quantitative estimate of drug-likeness (QED) is 0.101. The Morgan fingerprint density at radius 3 is 2.11 bits per heavy atom. The molecule has 6 aromatic rings. The Balaban J connectivity index is 1.36. The van der Waals surface area contributed by atoms with Crippen LogP contribution in [0.4, 0.5) is 22.0 Å². The van der Waals surface area contributed by atoms with Crippen LogP contribution in [0.15, 0.2) is 79.1 Å². The minimum Gasteiger partial charge on any atom is -0.485 e. The van der Waals surface area contributed by atoms with Crippen molar-refractivity contribution in [3.63, 3.8) is 0 Å². The lowest BCUT2D eigenvalue weighted by Gasteiger charge is -2.24. The molecular formula is C40H39Cl2F5N4O3. The Labute approximate surface area is 319 Å². The lowest BCUT2D eigenvalue weighted by Crippen LogP contribution is -2.36. The normalized spacial score (nSPS) is 13.1. The molecule has 4 aromatic carbocycles. The van der Waals surface area contributed by atoms with E-state index in [2.05, 4.69) is 21.5 Å². The number of halogens is 7. The molecule has 0 amide bonds. The molecule has 0 saturated carbocycles. The number of likely N-dealkylation sites (N-methyl/N-ethyl adjacent to an activating group) is 1. The molecule has 2 atom stereocenters. The fraction of sp³-hybridized carbons (Fsp3) is 0.300. The van der Waals surface area contributed by atoms with Crippen LogP contribution in [-0.4, -0.2) is 35.1 Å². The van der Waals surface area contributed by atoms with E-state index in [9.17, 15) is 13.2 Å². The third-order valence-electron chi connectivity index (χ3n) is 9.28. The number of nitrogens with one attached hydrogen (secondary N) is 1. The third kappa shape index (κ3) is 8.57. The van der Waals surface area contributed by atoms with Gasteiger partial charge in [-0.3, -0.25) is 0 Å². The molecule has 0 aliphatic carbocycles. The van der Waals surface area contributed by atoms with Crippen molar-refractivity contribution < 1.29 is 36.2 Å². The van der Waals surface area contributed by atoms with Crippen LogP contribution in [-0.2, 0) is 33.2 Å². The first-order valence-electron chi connectivity index (χ1n) is 17.3. The number of benzene rings is 4. The van der Waals surface area contributed by atoms with Crippen molar-refractivity contribution >= 4 is 45.0 Å². The van der Waals surface area contributed by atoms with Crippen LogP contribution in [0, 0.1) is 11.6 Å². The summed E-state index contributed by atoms with van der Waals surface area (Å²) in [5.41, 5.74) is 11.1. The summed E-state index contributed by atoms with van der Waals surface area (Å²) in [6.45, 7) is 2.99. The third-order valence-corrected chi connectivity index (χ3v) is 9.84. The molecule has 54 heavy (non-hydrogen) atoms. The summed E-state index contributed by atoms with van der Waals surface area (Å²) >= 11 is 12.0. The van der Waals surface area contributed by atoms with Crippen LogP contribution < -0.4 is 25.3 Å². The Bertz CT molecular complexity index is 2260. The van der Waals surface area contributed by atoms with Crippen molar-refractivity contribution in [2.24, 2.45) is 12.8 Å². The number of nitrogens with two attached hydrogens (primary N) is 1. The first-order chi connectivity index (χ1) is 25.8. The molecule has 3 N–H and O–H groups in total. The van der Waals surface area contributed by atoms with Crippen molar-refractivity contribution in [1.82, 2.24) is 14.5 Å². The Kier molecular flexibility index (Phi) is 12.0. The van der Waals surface area contributed by atoms with Gasteiger partial charge in [-0.05, 0) is 90.7 Å². The van der Waals surface area contributed by atoms with Gasteiger partial charge in [0.15, 0.2) is 23.1 Å². The van der Waals surface area contributed by atoms with Crippen LogP contribution in [0.3, 0.4) is 0 Å². The smallest absolute Gasteiger partial charge is 0.485 e. The van der Waals surface area contributed by atoms with Crippen molar-refractivity contribution in [2.75, 3.05) is 13.6 Å². The number of ether oxygens (including phenoxy) is 3. The Morgan fingerprint density at radius 2 is 1.46 bits per heavy atom. The predicted octanol–water partition coefficient (Wildman–Crippen LogP) is 10.1. The standard InChI is InChI=1S/C40H39Cl2F5N4O3/c1-4-15-51-19-25(36-34(51)14-12-30(43)38(36)52-21-23-5-8-26(41)9-6-23)17-32(48)27(18-49-2)28-20-50(3)33-13-11-31(44)39(37(28)33)53-22-24-7-10-29(42)35(16-24)54-40(45,46)47/h5-14,16,19-20,27,32,49H,4,15,17-18,21-22,48H2,1-3H3. The first kappa shape index (κ1) is 39.2. The van der Waals surface area contributed by atoms with E-state index in [1.807, 2.05) is 36.1 Å². The molecule has 0 spiro atoms. The lowest BCUT2D eigenvalue weighted by molar-refractivity contribution is -0.274. The zero-order valence-electron chi connectivity index (χ0n) is 29.7. The molecule has 14 heteroatoms. The van der Waals surface area contributed by atoms with Crippen molar-refractivity contribution in [2.45, 2.75) is 57.8 Å². The van der Waals surface area contributed by atoms with Crippen LogP contribution in [0.1, 0.15) is 41.5 Å². The van der Waals surface area contributed by atoms with E-state index < -0.39 is 35.7 Å². The Morgan fingerprint density at radius 1 is 0.833 bits per heavy atom. The van der Waals surface area contributed by atoms with E-state index in [-0.39, 0.29) is 35.3 Å². The van der Waals surface area contributed by atoms with Gasteiger partial charge in [0.1, 0.15) is 19.0 Å². The molecule has 0 saturated heterocycles. The second-order valence-corrected chi connectivity index (χ2v) is 14.0. The maximum Gasteiger partial charge on any atom is 0.573 e. The highest BCUT2D eigenvalue weighted by atomic mass is 35.5. The van der Waals surface area contributed by atoms with E-state index in [0.29, 0.717) is 46.4 Å². The van der Waals surface area contributed by atoms with Crippen LogP contribution in [0.5, 0.6) is 17.2 Å². The van der Waals surface area contributed by atoms with E-state index in [1.165, 1.54) is 24.3 Å². The molecule has 0 bridgehead atoms. The van der Waals surface area contributed by atoms with Gasteiger partial charge in [0.25, 0.3) is 0 Å². The topological polar surface area (TPSA) is 75.6 Å². The summed E-state index contributed by atoms with van der Waals surface area (Å²) in [7, 11) is 3.61. The van der Waals surface area contributed by atoms with Gasteiger partial charge in [-0.25, -0.2) is 8.78 Å². The largest absolute Gasteiger partial charge is 0.573 e. The zero-order valence-corrected chi connectivity index (χ0v) is 31.3. The summed E-state index contributed by atoms with van der Waals surface area (Å²) in [6.07, 6.45) is 0.0598. The number of fused-ring (bicyclic) bond motifs is 2. The molecule has 2 heterocycles. The molecular weight excluding hydrogens is 750 g/mol. The second kappa shape index (κ2) is 16.5. The highest BCUT2D eigenvalue weighted by Gasteiger charge is 2.32. The van der Waals surface area contributed by atoms with Gasteiger partial charge in [0.05, 0.1) is 16.1 Å². The number of alkyl halides is 3. The average Bonchev–Trinajstić information content (AvgIpc) is 3.64. The molecule has 7 nitrogen and oxygen atoms in total. The van der Waals surface area contributed by atoms with E-state index in [0.717, 1.165) is 29.1 Å². The van der Waals surface area contributed by atoms with Gasteiger partial charge in [0, 0.05) is 60.3 Å². The number of rotatable bonds is 15. The Hall–Kier alpha value is -4.49. The number of aromatic nitrogens is 2. The highest BCUT2D eigenvalue weighted by Crippen LogP contribution is 2.40. The maximum atomic E-state index is 15.7. The molecule has 0 fully saturated rings. The van der Waals surface area contributed by atoms with Crippen molar-refractivity contribution in [1.29, 1.82) is 0 Å². The molecule has 286 valence electrons. The number of hydrogen-bond donors (Lipinski definition) is 2. The van der Waals surface area contributed by atoms with Gasteiger partial charge in [-0.15, -0.1) is 13.2 Å². The van der Waals surface area contributed by atoms with Crippen LogP contribution in [0.2, 0.25) is 10.0 Å². The fourth-order valence-electron chi connectivity index (χ4n) is 6.87. The second-order valence-electron chi connectivity index (χ2n) is 13.1. The molecule has 6 rings (SSSR count). The van der Waals surface area contributed by atoms with Crippen LogP contribution in [0.25, 0.3) is 21.8 Å². The van der Waals surface area contributed by atoms with Gasteiger partial charge >= 0.3 is 6.36 Å². The minimum atomic E-state index is -4.95. The van der Waals surface area contributed by atoms with Gasteiger partial charge < -0.3 is 34.4 Å². The molecule has 0 radical (unpaired) electrons. The summed E-state index contributed by atoms with van der Waals surface area (Å²) in [5, 5.41) is 4.66. The maximum absolute atomic E-state index is 15.7. The van der Waals surface area contributed by atoms with Crippen molar-refractivity contribution in [3.05, 3.63) is 123 Å². The molecule has 0 aliphatic heterocycles. The minimum absolute atomic E-state index is 0.0795. The fourth-order valence-corrected chi connectivity index (χ4v) is 7.15. The summed E-state index contributed by atoms with van der Waals surface area (Å²) < 4.78 is 90.3. The first-order valence-corrected chi connectivity index (χ1v) is 18.1. The number of hydrogen-bond acceptors (Lipinski definition) is 5. The zero-order chi connectivity index (χ0) is 38.7. The van der Waals surface area contributed by atoms with Crippen LogP contribution >= 0.6 is 23.2 Å². The lowest BCUT2D eigenvalue weighted by atomic mass is 9.87.